The van der Waals surface area contributed by atoms with Crippen LogP contribution in [0.4, 0.5) is 5.13 Å². The van der Waals surface area contributed by atoms with Crippen molar-refractivity contribution in [3.8, 4) is 0 Å². The van der Waals surface area contributed by atoms with Gasteiger partial charge in [-0.25, -0.2) is 9.78 Å². The lowest BCUT2D eigenvalue weighted by molar-refractivity contribution is 0.0702. The van der Waals surface area contributed by atoms with Crippen molar-refractivity contribution in [3.05, 3.63) is 11.1 Å². The third-order valence-electron chi connectivity index (χ3n) is 3.09. The minimum Gasteiger partial charge on any atom is -0.477 e. The summed E-state index contributed by atoms with van der Waals surface area (Å²) >= 11 is 1.19. The first-order valence-electron chi connectivity index (χ1n) is 6.30. The van der Waals surface area contributed by atoms with E-state index in [1.54, 1.807) is 0 Å². The van der Waals surface area contributed by atoms with Crippen LogP contribution in [0, 0.1) is 5.92 Å². The number of anilines is 1. The van der Waals surface area contributed by atoms with Gasteiger partial charge in [0.2, 0.25) is 0 Å². The lowest BCUT2D eigenvalue weighted by Gasteiger charge is -2.20. The minimum absolute atomic E-state index is 0.282. The Kier molecular flexibility index (Phi) is 4.54. The molecule has 2 N–H and O–H groups in total. The number of likely N-dealkylation sites (tertiary alicyclic amines) is 1. The number of hydrogen-bond donors (Lipinski definition) is 2. The van der Waals surface area contributed by atoms with Gasteiger partial charge in [-0.2, -0.15) is 0 Å². The number of carbonyl (C=O) groups is 1. The van der Waals surface area contributed by atoms with Crippen molar-refractivity contribution in [2.45, 2.75) is 19.8 Å². The summed E-state index contributed by atoms with van der Waals surface area (Å²) in [4.78, 5) is 17.5. The normalized spacial score (nSPS) is 17.8. The Hall–Kier alpha value is -1.14. The van der Waals surface area contributed by atoms with E-state index in [0.29, 0.717) is 11.0 Å². The number of carboxylic acid groups (broad SMARTS) is 1. The zero-order chi connectivity index (χ0) is 13.0. The molecule has 5 nitrogen and oxygen atoms in total. The molecule has 0 aromatic carbocycles. The van der Waals surface area contributed by atoms with E-state index < -0.39 is 5.97 Å². The third-order valence-corrected chi connectivity index (χ3v) is 4.03. The fraction of sp³-hybridized carbons (Fsp3) is 0.667. The second kappa shape index (κ2) is 6.15. The van der Waals surface area contributed by atoms with Crippen LogP contribution in [-0.4, -0.2) is 47.1 Å². The van der Waals surface area contributed by atoms with Crippen molar-refractivity contribution in [1.29, 1.82) is 0 Å². The van der Waals surface area contributed by atoms with Gasteiger partial charge in [0.05, 0.1) is 6.20 Å². The number of aromatic nitrogens is 1. The van der Waals surface area contributed by atoms with E-state index in [-0.39, 0.29) is 4.88 Å². The fourth-order valence-electron chi connectivity index (χ4n) is 2.19. The summed E-state index contributed by atoms with van der Waals surface area (Å²) in [7, 11) is 0. The van der Waals surface area contributed by atoms with Gasteiger partial charge in [0.1, 0.15) is 4.88 Å². The summed E-state index contributed by atoms with van der Waals surface area (Å²) < 4.78 is 0. The second-order valence-corrected chi connectivity index (χ2v) is 5.86. The van der Waals surface area contributed by atoms with Crippen LogP contribution >= 0.6 is 11.3 Å². The quantitative estimate of drug-likeness (QED) is 0.826. The number of carboxylic acids is 1. The van der Waals surface area contributed by atoms with E-state index in [0.717, 1.165) is 13.1 Å². The molecule has 2 rings (SSSR count). The van der Waals surface area contributed by atoms with Crippen LogP contribution in [0.3, 0.4) is 0 Å². The molecule has 1 saturated heterocycles. The molecule has 0 spiro atoms. The van der Waals surface area contributed by atoms with E-state index in [2.05, 4.69) is 22.1 Å². The Labute approximate surface area is 111 Å². The Morgan fingerprint density at radius 2 is 2.33 bits per heavy atom. The zero-order valence-corrected chi connectivity index (χ0v) is 11.4. The maximum atomic E-state index is 10.7. The molecule has 18 heavy (non-hydrogen) atoms. The van der Waals surface area contributed by atoms with Gasteiger partial charge in [-0.15, -0.1) is 0 Å². The first-order chi connectivity index (χ1) is 8.65. The average Bonchev–Trinajstić information content (AvgIpc) is 2.96. The number of nitrogens with zero attached hydrogens (tertiary/aromatic N) is 2. The molecule has 1 aromatic rings. The number of hydrogen-bond acceptors (Lipinski definition) is 5. The van der Waals surface area contributed by atoms with Crippen molar-refractivity contribution in [2.75, 3.05) is 31.5 Å². The Morgan fingerprint density at radius 1 is 1.61 bits per heavy atom. The Morgan fingerprint density at radius 3 is 2.94 bits per heavy atom. The van der Waals surface area contributed by atoms with Crippen LogP contribution < -0.4 is 5.32 Å². The zero-order valence-electron chi connectivity index (χ0n) is 10.6. The standard InChI is InChI=1S/C12H19N3O2S/c1-9(8-15-4-2-3-5-15)6-13-12-14-7-10(18-12)11(16)17/h7,9H,2-6,8H2,1H3,(H,13,14)(H,16,17). The minimum atomic E-state index is -0.911. The molecule has 0 aliphatic carbocycles. The van der Waals surface area contributed by atoms with Crippen LogP contribution in [0.15, 0.2) is 6.20 Å². The number of nitrogens with one attached hydrogen (secondary N) is 1. The Balaban J connectivity index is 1.74. The molecular formula is C12H19N3O2S. The maximum Gasteiger partial charge on any atom is 0.347 e. The van der Waals surface area contributed by atoms with Crippen molar-refractivity contribution in [2.24, 2.45) is 5.92 Å². The summed E-state index contributed by atoms with van der Waals surface area (Å²) in [6.07, 6.45) is 4.03. The molecule has 0 amide bonds. The van der Waals surface area contributed by atoms with Gasteiger partial charge in [-0.3, -0.25) is 0 Å². The van der Waals surface area contributed by atoms with Crippen LogP contribution in [0.2, 0.25) is 0 Å². The average molecular weight is 269 g/mol. The fourth-order valence-corrected chi connectivity index (χ4v) is 2.85. The van der Waals surface area contributed by atoms with E-state index in [1.165, 1.54) is 43.5 Å². The highest BCUT2D eigenvalue weighted by atomic mass is 32.1. The van der Waals surface area contributed by atoms with Crippen LogP contribution in [0.5, 0.6) is 0 Å². The first-order valence-corrected chi connectivity index (χ1v) is 7.12. The predicted octanol–water partition coefficient (Wildman–Crippen LogP) is 1.99. The van der Waals surface area contributed by atoms with Gasteiger partial charge in [-0.1, -0.05) is 18.3 Å². The summed E-state index contributed by atoms with van der Waals surface area (Å²) in [6, 6.07) is 0. The summed E-state index contributed by atoms with van der Waals surface area (Å²) in [5, 5.41) is 12.7. The van der Waals surface area contributed by atoms with Gasteiger partial charge in [-0.05, 0) is 31.8 Å². The molecule has 1 aromatic heterocycles. The molecule has 1 aliphatic rings. The third kappa shape index (κ3) is 3.68. The molecule has 2 heterocycles. The molecule has 1 fully saturated rings. The van der Waals surface area contributed by atoms with Crippen molar-refractivity contribution in [1.82, 2.24) is 9.88 Å². The summed E-state index contributed by atoms with van der Waals surface area (Å²) in [5.74, 6) is -0.369. The van der Waals surface area contributed by atoms with Gasteiger partial charge >= 0.3 is 5.97 Å². The molecule has 1 aliphatic heterocycles. The molecule has 1 unspecified atom stereocenters. The topological polar surface area (TPSA) is 65.5 Å². The lowest BCUT2D eigenvalue weighted by Crippen LogP contribution is -2.28. The molecular weight excluding hydrogens is 250 g/mol. The predicted molar refractivity (Wildman–Crippen MR) is 72.4 cm³/mol. The van der Waals surface area contributed by atoms with Crippen LogP contribution in [0.1, 0.15) is 29.4 Å². The monoisotopic (exact) mass is 269 g/mol. The number of rotatable bonds is 6. The lowest BCUT2D eigenvalue weighted by atomic mass is 10.2. The summed E-state index contributed by atoms with van der Waals surface area (Å²) in [6.45, 7) is 6.57. The van der Waals surface area contributed by atoms with Gasteiger partial charge in [0.15, 0.2) is 5.13 Å². The summed E-state index contributed by atoms with van der Waals surface area (Å²) in [5.41, 5.74) is 0. The molecule has 0 bridgehead atoms. The molecule has 0 saturated carbocycles. The molecule has 6 heteroatoms. The molecule has 100 valence electrons. The maximum absolute atomic E-state index is 10.7. The Bertz CT molecular complexity index is 402. The highest BCUT2D eigenvalue weighted by molar-refractivity contribution is 7.17. The van der Waals surface area contributed by atoms with E-state index in [9.17, 15) is 4.79 Å². The van der Waals surface area contributed by atoms with Crippen molar-refractivity contribution >= 4 is 22.4 Å². The van der Waals surface area contributed by atoms with Crippen LogP contribution in [-0.2, 0) is 0 Å². The molecule has 0 radical (unpaired) electrons. The van der Waals surface area contributed by atoms with Gasteiger partial charge < -0.3 is 15.3 Å². The largest absolute Gasteiger partial charge is 0.477 e. The van der Waals surface area contributed by atoms with Crippen LogP contribution in [0.25, 0.3) is 0 Å². The highest BCUT2D eigenvalue weighted by Crippen LogP contribution is 2.18. The first kappa shape index (κ1) is 13.3. The van der Waals surface area contributed by atoms with Crippen molar-refractivity contribution < 1.29 is 9.90 Å². The number of aromatic carboxylic acids is 1. The van der Waals surface area contributed by atoms with E-state index >= 15 is 0 Å². The smallest absolute Gasteiger partial charge is 0.347 e. The number of thiazole rings is 1. The van der Waals surface area contributed by atoms with Gasteiger partial charge in [0.25, 0.3) is 0 Å². The van der Waals surface area contributed by atoms with Gasteiger partial charge in [0, 0.05) is 13.1 Å². The highest BCUT2D eigenvalue weighted by Gasteiger charge is 2.15. The SMILES string of the molecule is CC(CNc1ncc(C(=O)O)s1)CN1CCCC1. The van der Waals surface area contributed by atoms with Crippen molar-refractivity contribution in [3.63, 3.8) is 0 Å². The molecule has 1 atom stereocenters. The van der Waals surface area contributed by atoms with E-state index in [1.807, 2.05) is 0 Å². The van der Waals surface area contributed by atoms with E-state index in [4.69, 9.17) is 5.11 Å². The second-order valence-electron chi connectivity index (χ2n) is 4.83.